The molecule has 3 heterocycles. The summed E-state index contributed by atoms with van der Waals surface area (Å²) in [7, 11) is 0. The number of benzene rings is 1. The van der Waals surface area contributed by atoms with E-state index in [1.54, 1.807) is 22.1 Å². The van der Waals surface area contributed by atoms with Crippen LogP contribution in [0, 0.1) is 24.0 Å². The maximum atomic E-state index is 12.2. The molecule has 0 saturated heterocycles. The average molecular weight is 414 g/mol. The molecule has 0 radical (unpaired) electrons. The van der Waals surface area contributed by atoms with Crippen LogP contribution in [0.3, 0.4) is 0 Å². The number of fused-ring (bicyclic) bond motifs is 3. The van der Waals surface area contributed by atoms with Gasteiger partial charge in [0.05, 0.1) is 16.1 Å². The second kappa shape index (κ2) is 7.17. The van der Waals surface area contributed by atoms with Gasteiger partial charge in [0, 0.05) is 22.7 Å². The van der Waals surface area contributed by atoms with E-state index in [-0.39, 0.29) is 17.3 Å². The van der Waals surface area contributed by atoms with Gasteiger partial charge in [0.2, 0.25) is 5.91 Å². The lowest BCUT2D eigenvalue weighted by molar-refractivity contribution is -0.384. The number of nitro benzene ring substituents is 1. The molecule has 1 N–H and O–H groups in total. The van der Waals surface area contributed by atoms with E-state index in [2.05, 4.69) is 20.5 Å². The molecule has 1 amide bonds. The van der Waals surface area contributed by atoms with Crippen LogP contribution in [0.1, 0.15) is 10.4 Å². The van der Waals surface area contributed by atoms with Crippen LogP contribution in [0.25, 0.3) is 15.9 Å². The smallest absolute Gasteiger partial charge is 0.269 e. The van der Waals surface area contributed by atoms with E-state index in [4.69, 9.17) is 0 Å². The first-order valence-electron chi connectivity index (χ1n) is 8.20. The van der Waals surface area contributed by atoms with Gasteiger partial charge in [-0.1, -0.05) is 11.8 Å². The summed E-state index contributed by atoms with van der Waals surface area (Å²) < 4.78 is 1.78. The summed E-state index contributed by atoms with van der Waals surface area (Å²) in [5.41, 5.74) is 2.33. The molecule has 0 bridgehead atoms. The number of nitrogens with zero attached hydrogens (tertiary/aromatic N) is 5. The van der Waals surface area contributed by atoms with Crippen LogP contribution in [-0.2, 0) is 4.79 Å². The summed E-state index contributed by atoms with van der Waals surface area (Å²) in [6.45, 7) is 4.09. The Bertz CT molecular complexity index is 1220. The number of rotatable bonds is 5. The highest BCUT2D eigenvalue weighted by molar-refractivity contribution is 7.99. The molecular weight excluding hydrogens is 400 g/mol. The van der Waals surface area contributed by atoms with Gasteiger partial charge >= 0.3 is 0 Å². The number of aryl methyl sites for hydroxylation is 2. The first-order valence-corrected chi connectivity index (χ1v) is 10.0. The molecule has 9 nitrogen and oxygen atoms in total. The van der Waals surface area contributed by atoms with Gasteiger partial charge in [-0.25, -0.2) is 4.98 Å². The number of carbonyl (C=O) groups excluding carboxylic acids is 1. The summed E-state index contributed by atoms with van der Waals surface area (Å²) >= 11 is 2.87. The van der Waals surface area contributed by atoms with E-state index < -0.39 is 4.92 Å². The summed E-state index contributed by atoms with van der Waals surface area (Å²) in [5, 5.41) is 23.4. The molecular formula is C17H14N6O3S2. The Morgan fingerprint density at radius 1 is 1.29 bits per heavy atom. The van der Waals surface area contributed by atoms with Crippen molar-refractivity contribution in [3.63, 3.8) is 0 Å². The number of non-ortho nitro benzene ring substituents is 1. The molecule has 0 saturated carbocycles. The monoisotopic (exact) mass is 414 g/mol. The van der Waals surface area contributed by atoms with Crippen LogP contribution in [-0.4, -0.2) is 36.2 Å². The lowest BCUT2D eigenvalue weighted by Gasteiger charge is -2.04. The van der Waals surface area contributed by atoms with Gasteiger partial charge in [-0.05, 0) is 31.5 Å². The first kappa shape index (κ1) is 18.3. The highest BCUT2D eigenvalue weighted by atomic mass is 32.2. The van der Waals surface area contributed by atoms with Crippen molar-refractivity contribution in [3.8, 4) is 0 Å². The van der Waals surface area contributed by atoms with E-state index in [1.807, 2.05) is 13.8 Å². The molecule has 0 aliphatic heterocycles. The predicted molar refractivity (Wildman–Crippen MR) is 108 cm³/mol. The SMILES string of the molecule is Cc1sc2ncn3c(SCC(=O)Nc4ccc([N+](=O)[O-])cc4)nnc3c2c1C. The summed E-state index contributed by atoms with van der Waals surface area (Å²) in [5.74, 6) is -0.121. The number of aromatic nitrogens is 4. The van der Waals surface area contributed by atoms with Gasteiger partial charge in [0.1, 0.15) is 11.2 Å². The van der Waals surface area contributed by atoms with Crippen LogP contribution in [0.4, 0.5) is 11.4 Å². The molecule has 4 rings (SSSR count). The van der Waals surface area contributed by atoms with Gasteiger partial charge in [-0.15, -0.1) is 21.5 Å². The summed E-state index contributed by atoms with van der Waals surface area (Å²) in [4.78, 5) is 29.0. The quantitative estimate of drug-likeness (QED) is 0.301. The zero-order chi connectivity index (χ0) is 19.8. The van der Waals surface area contributed by atoms with Crippen LogP contribution < -0.4 is 5.32 Å². The van der Waals surface area contributed by atoms with Gasteiger partial charge in [0.15, 0.2) is 10.8 Å². The fourth-order valence-corrected chi connectivity index (χ4v) is 4.41. The Morgan fingerprint density at radius 3 is 2.75 bits per heavy atom. The average Bonchev–Trinajstić information content (AvgIpc) is 3.21. The van der Waals surface area contributed by atoms with E-state index in [0.717, 1.165) is 21.4 Å². The largest absolute Gasteiger partial charge is 0.325 e. The van der Waals surface area contributed by atoms with Crippen LogP contribution >= 0.6 is 23.1 Å². The summed E-state index contributed by atoms with van der Waals surface area (Å²) in [6.07, 6.45) is 1.67. The minimum atomic E-state index is -0.487. The molecule has 28 heavy (non-hydrogen) atoms. The molecule has 0 aliphatic carbocycles. The van der Waals surface area contributed by atoms with Crippen LogP contribution in [0.15, 0.2) is 35.7 Å². The number of nitro groups is 1. The predicted octanol–water partition coefficient (Wildman–Crippen LogP) is 3.59. The Morgan fingerprint density at radius 2 is 2.04 bits per heavy atom. The van der Waals surface area contributed by atoms with Crippen molar-refractivity contribution in [2.45, 2.75) is 19.0 Å². The van der Waals surface area contributed by atoms with Crippen molar-refractivity contribution in [1.29, 1.82) is 0 Å². The molecule has 0 fully saturated rings. The number of hydrogen-bond donors (Lipinski definition) is 1. The second-order valence-corrected chi connectivity index (χ2v) is 8.17. The number of nitrogens with one attached hydrogen (secondary N) is 1. The minimum Gasteiger partial charge on any atom is -0.325 e. The Hall–Kier alpha value is -3.05. The van der Waals surface area contributed by atoms with E-state index in [0.29, 0.717) is 10.8 Å². The number of thiophene rings is 1. The van der Waals surface area contributed by atoms with Crippen molar-refractivity contribution in [2.24, 2.45) is 0 Å². The Balaban J connectivity index is 1.48. The summed E-state index contributed by atoms with van der Waals surface area (Å²) in [6, 6.07) is 5.68. The molecule has 11 heteroatoms. The normalized spacial score (nSPS) is 11.2. The number of hydrogen-bond acceptors (Lipinski definition) is 8. The molecule has 4 aromatic rings. The van der Waals surface area contributed by atoms with Gasteiger partial charge in [-0.3, -0.25) is 19.3 Å². The topological polar surface area (TPSA) is 115 Å². The fourth-order valence-electron chi connectivity index (χ4n) is 2.72. The lowest BCUT2D eigenvalue weighted by atomic mass is 10.2. The Labute approximate surface area is 167 Å². The zero-order valence-corrected chi connectivity index (χ0v) is 16.5. The van der Waals surface area contributed by atoms with E-state index in [1.165, 1.54) is 40.9 Å². The maximum absolute atomic E-state index is 12.2. The van der Waals surface area contributed by atoms with E-state index in [9.17, 15) is 14.9 Å². The third-order valence-electron chi connectivity index (χ3n) is 4.24. The van der Waals surface area contributed by atoms with Gasteiger partial charge < -0.3 is 5.32 Å². The number of carbonyl (C=O) groups is 1. The second-order valence-electron chi connectivity index (χ2n) is 6.02. The highest BCUT2D eigenvalue weighted by Gasteiger charge is 2.16. The van der Waals surface area contributed by atoms with Crippen LogP contribution in [0.5, 0.6) is 0 Å². The third-order valence-corrected chi connectivity index (χ3v) is 6.30. The maximum Gasteiger partial charge on any atom is 0.269 e. The molecule has 0 aliphatic rings. The number of anilines is 1. The van der Waals surface area contributed by atoms with Crippen molar-refractivity contribution >= 4 is 56.2 Å². The number of amides is 1. The van der Waals surface area contributed by atoms with Crippen molar-refractivity contribution in [2.75, 3.05) is 11.1 Å². The fraction of sp³-hybridized carbons (Fsp3) is 0.176. The standard InChI is InChI=1S/C17H14N6O3S2/c1-9-10(2)28-16-14(9)15-20-21-17(22(15)8-18-16)27-7-13(24)19-11-3-5-12(6-4-11)23(25)26/h3-6,8H,7H2,1-2H3,(H,19,24). The molecule has 1 aromatic carbocycles. The van der Waals surface area contributed by atoms with Crippen LogP contribution in [0.2, 0.25) is 0 Å². The highest BCUT2D eigenvalue weighted by Crippen LogP contribution is 2.32. The van der Waals surface area contributed by atoms with E-state index >= 15 is 0 Å². The first-order chi connectivity index (χ1) is 13.4. The van der Waals surface area contributed by atoms with Crippen molar-refractivity contribution in [1.82, 2.24) is 19.6 Å². The van der Waals surface area contributed by atoms with Gasteiger partial charge in [0.25, 0.3) is 5.69 Å². The molecule has 0 unspecified atom stereocenters. The Kier molecular flexibility index (Phi) is 4.69. The van der Waals surface area contributed by atoms with Crippen molar-refractivity contribution < 1.29 is 9.72 Å². The molecule has 0 atom stereocenters. The third kappa shape index (κ3) is 3.29. The molecule has 3 aromatic heterocycles. The molecule has 0 spiro atoms. The zero-order valence-electron chi connectivity index (χ0n) is 14.9. The van der Waals surface area contributed by atoms with Crippen molar-refractivity contribution in [3.05, 3.63) is 51.1 Å². The minimum absolute atomic E-state index is 0.0277. The van der Waals surface area contributed by atoms with Gasteiger partial charge in [-0.2, -0.15) is 0 Å². The number of thioether (sulfide) groups is 1. The lowest BCUT2D eigenvalue weighted by Crippen LogP contribution is -2.14. The molecule has 142 valence electrons.